The number of likely N-dealkylation sites (N-methyl/N-ethyl adjacent to an activating group) is 1. The minimum atomic E-state index is -0.392. The summed E-state index contributed by atoms with van der Waals surface area (Å²) in [5.41, 5.74) is 6.29. The van der Waals surface area contributed by atoms with Gasteiger partial charge in [0.1, 0.15) is 5.82 Å². The van der Waals surface area contributed by atoms with Crippen molar-refractivity contribution >= 4 is 11.6 Å². The number of ether oxygens (including phenoxy) is 1. The molecule has 5 heteroatoms. The molecule has 3 nitrogen and oxygen atoms in total. The van der Waals surface area contributed by atoms with Crippen molar-refractivity contribution in [1.29, 1.82) is 0 Å². The van der Waals surface area contributed by atoms with E-state index in [-0.39, 0.29) is 17.2 Å². The quantitative estimate of drug-likeness (QED) is 0.838. The summed E-state index contributed by atoms with van der Waals surface area (Å²) < 4.78 is 19.5. The number of hydrogen-bond acceptors (Lipinski definition) is 3. The summed E-state index contributed by atoms with van der Waals surface area (Å²) in [6.07, 6.45) is 0.188. The molecule has 0 aliphatic carbocycles. The molecule has 0 radical (unpaired) electrons. The van der Waals surface area contributed by atoms with Crippen LogP contribution in [0.15, 0.2) is 18.2 Å². The van der Waals surface area contributed by atoms with Gasteiger partial charge in [-0.25, -0.2) is 4.39 Å². The number of rotatable bonds is 7. The topological polar surface area (TPSA) is 38.5 Å². The zero-order valence-electron chi connectivity index (χ0n) is 11.7. The van der Waals surface area contributed by atoms with Crippen LogP contribution in [0, 0.1) is 5.82 Å². The maximum Gasteiger partial charge on any atom is 0.146 e. The Kier molecular flexibility index (Phi) is 6.72. The van der Waals surface area contributed by atoms with Crippen LogP contribution in [0.1, 0.15) is 25.5 Å². The van der Waals surface area contributed by atoms with Gasteiger partial charge < -0.3 is 10.5 Å². The molecular weight excluding hydrogens is 267 g/mol. The molecule has 0 bridgehead atoms. The third-order valence-corrected chi connectivity index (χ3v) is 3.28. The van der Waals surface area contributed by atoms with Gasteiger partial charge in [0, 0.05) is 24.7 Å². The van der Waals surface area contributed by atoms with Crippen LogP contribution in [0.25, 0.3) is 0 Å². The van der Waals surface area contributed by atoms with Crippen molar-refractivity contribution < 1.29 is 9.13 Å². The molecular formula is C14H22ClFN2O. The average molecular weight is 289 g/mol. The summed E-state index contributed by atoms with van der Waals surface area (Å²) in [5.74, 6) is -0.392. The Morgan fingerprint density at radius 1 is 1.42 bits per heavy atom. The number of nitrogens with zero attached hydrogens (tertiary/aromatic N) is 1. The maximum absolute atomic E-state index is 14.0. The highest BCUT2D eigenvalue weighted by Gasteiger charge is 2.20. The van der Waals surface area contributed by atoms with Crippen LogP contribution in [-0.2, 0) is 4.74 Å². The fraction of sp³-hybridized carbons (Fsp3) is 0.571. The van der Waals surface area contributed by atoms with E-state index in [0.29, 0.717) is 25.3 Å². The lowest BCUT2D eigenvalue weighted by Gasteiger charge is -2.28. The van der Waals surface area contributed by atoms with Crippen LogP contribution in [0.3, 0.4) is 0 Å². The van der Waals surface area contributed by atoms with Gasteiger partial charge in [-0.15, -0.1) is 0 Å². The van der Waals surface area contributed by atoms with Crippen LogP contribution in [0.4, 0.5) is 4.39 Å². The first-order valence-corrected chi connectivity index (χ1v) is 6.81. The standard InChI is InChI=1S/C14H22ClFN2O/c1-10(2)19-8-7-18(3)13(9-17)11-5-4-6-12(15)14(11)16/h4-6,10,13H,7-9,17H2,1-3H3. The van der Waals surface area contributed by atoms with Gasteiger partial charge in [-0.3, -0.25) is 4.90 Å². The Bertz CT molecular complexity index is 401. The normalized spacial score (nSPS) is 13.3. The molecule has 19 heavy (non-hydrogen) atoms. The van der Waals surface area contributed by atoms with E-state index < -0.39 is 5.82 Å². The van der Waals surface area contributed by atoms with Gasteiger partial charge in [0.05, 0.1) is 17.7 Å². The molecule has 0 fully saturated rings. The maximum atomic E-state index is 14.0. The number of benzene rings is 1. The number of hydrogen-bond donors (Lipinski definition) is 1. The van der Waals surface area contributed by atoms with Crippen molar-refractivity contribution in [3.05, 3.63) is 34.6 Å². The van der Waals surface area contributed by atoms with Crippen LogP contribution < -0.4 is 5.73 Å². The molecule has 0 saturated carbocycles. The van der Waals surface area contributed by atoms with Gasteiger partial charge in [0.2, 0.25) is 0 Å². The lowest BCUT2D eigenvalue weighted by molar-refractivity contribution is 0.0561. The molecule has 2 N–H and O–H groups in total. The van der Waals surface area contributed by atoms with E-state index in [9.17, 15) is 4.39 Å². The van der Waals surface area contributed by atoms with Gasteiger partial charge in [0.25, 0.3) is 0 Å². The van der Waals surface area contributed by atoms with Gasteiger partial charge in [-0.1, -0.05) is 23.7 Å². The Labute approximate surface area is 119 Å². The molecule has 0 heterocycles. The highest BCUT2D eigenvalue weighted by atomic mass is 35.5. The second-order valence-corrected chi connectivity index (χ2v) is 5.20. The molecule has 0 amide bonds. The summed E-state index contributed by atoms with van der Waals surface area (Å²) in [4.78, 5) is 1.98. The lowest BCUT2D eigenvalue weighted by Crippen LogP contribution is -2.34. The Hall–Kier alpha value is -0.680. The van der Waals surface area contributed by atoms with E-state index in [1.165, 1.54) is 6.07 Å². The zero-order valence-corrected chi connectivity index (χ0v) is 12.5. The molecule has 1 rings (SSSR count). The van der Waals surface area contributed by atoms with E-state index in [1.54, 1.807) is 12.1 Å². The lowest BCUT2D eigenvalue weighted by atomic mass is 10.1. The SMILES string of the molecule is CC(C)OCCN(C)C(CN)c1cccc(Cl)c1F. The van der Waals surface area contributed by atoms with E-state index in [2.05, 4.69) is 0 Å². The summed E-state index contributed by atoms with van der Waals surface area (Å²) in [6.45, 7) is 5.57. The van der Waals surface area contributed by atoms with E-state index >= 15 is 0 Å². The molecule has 1 aromatic carbocycles. The fourth-order valence-corrected chi connectivity index (χ4v) is 2.09. The fourth-order valence-electron chi connectivity index (χ4n) is 1.91. The van der Waals surface area contributed by atoms with Gasteiger partial charge in [-0.05, 0) is 27.0 Å². The highest BCUT2D eigenvalue weighted by Crippen LogP contribution is 2.26. The molecule has 0 saturated heterocycles. The Morgan fingerprint density at radius 2 is 2.11 bits per heavy atom. The molecule has 0 aromatic heterocycles. The summed E-state index contributed by atoms with van der Waals surface area (Å²) in [5, 5.41) is 0.128. The molecule has 1 unspecified atom stereocenters. The minimum Gasteiger partial charge on any atom is -0.377 e. The van der Waals surface area contributed by atoms with Gasteiger partial charge in [0.15, 0.2) is 0 Å². The Balaban J connectivity index is 2.73. The minimum absolute atomic E-state index is 0.128. The van der Waals surface area contributed by atoms with Gasteiger partial charge >= 0.3 is 0 Å². The largest absolute Gasteiger partial charge is 0.377 e. The zero-order chi connectivity index (χ0) is 14.4. The monoisotopic (exact) mass is 288 g/mol. The first-order chi connectivity index (χ1) is 8.97. The predicted molar refractivity (Wildman–Crippen MR) is 76.9 cm³/mol. The van der Waals surface area contributed by atoms with Gasteiger partial charge in [-0.2, -0.15) is 0 Å². The number of halogens is 2. The third kappa shape index (κ3) is 4.73. The second kappa shape index (κ2) is 7.80. The summed E-state index contributed by atoms with van der Waals surface area (Å²) in [7, 11) is 1.90. The predicted octanol–water partition coefficient (Wildman–Crippen LogP) is 2.84. The van der Waals surface area contributed by atoms with E-state index in [1.807, 2.05) is 25.8 Å². The highest BCUT2D eigenvalue weighted by molar-refractivity contribution is 6.30. The van der Waals surface area contributed by atoms with Crippen molar-refractivity contribution in [2.45, 2.75) is 26.0 Å². The first-order valence-electron chi connectivity index (χ1n) is 6.43. The van der Waals surface area contributed by atoms with Crippen molar-refractivity contribution in [2.24, 2.45) is 5.73 Å². The number of nitrogens with two attached hydrogens (primary N) is 1. The first kappa shape index (κ1) is 16.4. The molecule has 108 valence electrons. The smallest absolute Gasteiger partial charge is 0.146 e. The van der Waals surface area contributed by atoms with Crippen LogP contribution >= 0.6 is 11.6 Å². The van der Waals surface area contributed by atoms with Crippen molar-refractivity contribution in [3.63, 3.8) is 0 Å². The Morgan fingerprint density at radius 3 is 2.68 bits per heavy atom. The van der Waals surface area contributed by atoms with E-state index in [0.717, 1.165) is 0 Å². The van der Waals surface area contributed by atoms with Crippen LogP contribution in [0.2, 0.25) is 5.02 Å². The molecule has 0 aliphatic heterocycles. The van der Waals surface area contributed by atoms with Crippen LogP contribution in [0.5, 0.6) is 0 Å². The molecule has 1 atom stereocenters. The molecule has 0 aliphatic rings. The third-order valence-electron chi connectivity index (χ3n) is 2.99. The van der Waals surface area contributed by atoms with Crippen LogP contribution in [-0.4, -0.2) is 37.7 Å². The molecule has 1 aromatic rings. The summed E-state index contributed by atoms with van der Waals surface area (Å²) in [6, 6.07) is 4.80. The van der Waals surface area contributed by atoms with Crippen molar-refractivity contribution in [3.8, 4) is 0 Å². The summed E-state index contributed by atoms with van der Waals surface area (Å²) >= 11 is 5.81. The second-order valence-electron chi connectivity index (χ2n) is 4.79. The van der Waals surface area contributed by atoms with E-state index in [4.69, 9.17) is 22.1 Å². The average Bonchev–Trinajstić information content (AvgIpc) is 2.35. The van der Waals surface area contributed by atoms with Crippen molar-refractivity contribution in [1.82, 2.24) is 4.90 Å². The molecule has 0 spiro atoms. The van der Waals surface area contributed by atoms with Crippen molar-refractivity contribution in [2.75, 3.05) is 26.7 Å².